The second kappa shape index (κ2) is 9.25. The van der Waals surface area contributed by atoms with Crippen LogP contribution in [0.25, 0.3) is 10.9 Å². The summed E-state index contributed by atoms with van der Waals surface area (Å²) in [5, 5.41) is 11.5. The van der Waals surface area contributed by atoms with Gasteiger partial charge in [-0.15, -0.1) is 5.10 Å². The first kappa shape index (κ1) is 21.0. The number of pyridine rings is 1. The van der Waals surface area contributed by atoms with Crippen LogP contribution >= 0.6 is 0 Å². The Morgan fingerprint density at radius 2 is 1.88 bits per heavy atom. The third kappa shape index (κ3) is 4.56. The molecule has 162 valence electrons. The van der Waals surface area contributed by atoms with Crippen molar-refractivity contribution in [2.45, 2.75) is 13.1 Å². The number of amides is 1. The van der Waals surface area contributed by atoms with Crippen LogP contribution in [0, 0.1) is 0 Å². The smallest absolute Gasteiger partial charge is 0.290 e. The van der Waals surface area contributed by atoms with Gasteiger partial charge in [0.1, 0.15) is 5.52 Å². The Morgan fingerprint density at radius 3 is 2.69 bits per heavy atom. The van der Waals surface area contributed by atoms with Crippen molar-refractivity contribution >= 4 is 22.5 Å². The van der Waals surface area contributed by atoms with E-state index < -0.39 is 0 Å². The van der Waals surface area contributed by atoms with Crippen molar-refractivity contribution in [3.8, 4) is 11.5 Å². The number of nitrogens with one attached hydrogen (secondary N) is 1. The standard InChI is InChI=1S/C23H21N5O4/c1-31-20-10-9-17(12-21(20)32-2)24-22(29)15-27-11-5-6-16(13-27)14-28-23(30)18-7-3-4-8-19(18)25-26-28/h3-13H,14-15H2,1-2H3/p+1. The number of ether oxygens (including phenoxy) is 2. The van der Waals surface area contributed by atoms with E-state index in [0.29, 0.717) is 28.1 Å². The van der Waals surface area contributed by atoms with Gasteiger partial charge in [0, 0.05) is 23.4 Å². The van der Waals surface area contributed by atoms with Crippen molar-refractivity contribution in [3.05, 3.63) is 82.9 Å². The molecule has 4 rings (SSSR count). The first-order valence-corrected chi connectivity index (χ1v) is 9.90. The van der Waals surface area contributed by atoms with Crippen molar-refractivity contribution in [2.24, 2.45) is 0 Å². The van der Waals surface area contributed by atoms with Gasteiger partial charge in [0.05, 0.1) is 26.2 Å². The first-order valence-electron chi connectivity index (χ1n) is 9.90. The Kier molecular flexibility index (Phi) is 6.07. The number of rotatable bonds is 7. The van der Waals surface area contributed by atoms with Crippen LogP contribution < -0.4 is 24.9 Å². The number of benzene rings is 2. The van der Waals surface area contributed by atoms with Crippen molar-refractivity contribution in [1.82, 2.24) is 15.0 Å². The molecule has 1 N–H and O–H groups in total. The highest BCUT2D eigenvalue weighted by atomic mass is 16.5. The molecule has 2 aromatic carbocycles. The van der Waals surface area contributed by atoms with E-state index >= 15 is 0 Å². The fourth-order valence-electron chi connectivity index (χ4n) is 3.35. The molecule has 0 atom stereocenters. The van der Waals surface area contributed by atoms with Gasteiger partial charge in [-0.2, -0.15) is 4.57 Å². The second-order valence-electron chi connectivity index (χ2n) is 7.07. The zero-order chi connectivity index (χ0) is 22.5. The predicted molar refractivity (Wildman–Crippen MR) is 118 cm³/mol. The molecule has 32 heavy (non-hydrogen) atoms. The Bertz CT molecular complexity index is 1340. The second-order valence-corrected chi connectivity index (χ2v) is 7.07. The topological polar surface area (TPSA) is 99.2 Å². The molecular formula is C23H22N5O4+. The predicted octanol–water partition coefficient (Wildman–Crippen LogP) is 1.78. The summed E-state index contributed by atoms with van der Waals surface area (Å²) in [7, 11) is 3.09. The summed E-state index contributed by atoms with van der Waals surface area (Å²) >= 11 is 0. The summed E-state index contributed by atoms with van der Waals surface area (Å²) in [6.45, 7) is 0.343. The number of nitrogens with zero attached hydrogens (tertiary/aromatic N) is 4. The summed E-state index contributed by atoms with van der Waals surface area (Å²) in [5.74, 6) is 0.906. The molecule has 0 spiro atoms. The zero-order valence-electron chi connectivity index (χ0n) is 17.7. The van der Waals surface area contributed by atoms with Gasteiger partial charge in [0.15, 0.2) is 23.9 Å². The number of fused-ring (bicyclic) bond motifs is 1. The highest BCUT2D eigenvalue weighted by molar-refractivity contribution is 5.90. The van der Waals surface area contributed by atoms with E-state index in [1.165, 1.54) is 11.8 Å². The quantitative estimate of drug-likeness (QED) is 0.447. The molecule has 0 unspecified atom stereocenters. The molecular weight excluding hydrogens is 410 g/mol. The van der Waals surface area contributed by atoms with E-state index in [1.807, 2.05) is 18.2 Å². The van der Waals surface area contributed by atoms with Crippen LogP contribution in [0.3, 0.4) is 0 Å². The summed E-state index contributed by atoms with van der Waals surface area (Å²) in [5.41, 5.74) is 1.77. The van der Waals surface area contributed by atoms with E-state index in [4.69, 9.17) is 9.47 Å². The van der Waals surface area contributed by atoms with Crippen LogP contribution in [-0.4, -0.2) is 35.1 Å². The molecule has 0 aliphatic heterocycles. The van der Waals surface area contributed by atoms with Crippen molar-refractivity contribution < 1.29 is 18.8 Å². The van der Waals surface area contributed by atoms with Crippen molar-refractivity contribution in [1.29, 1.82) is 0 Å². The van der Waals surface area contributed by atoms with Crippen LogP contribution in [0.1, 0.15) is 5.56 Å². The van der Waals surface area contributed by atoms with Crippen LogP contribution in [0.4, 0.5) is 5.69 Å². The SMILES string of the molecule is COc1ccc(NC(=O)C[n+]2cccc(Cn3nnc4ccccc4c3=O)c2)cc1OC. The van der Waals surface area contributed by atoms with E-state index in [2.05, 4.69) is 15.6 Å². The third-order valence-corrected chi connectivity index (χ3v) is 4.87. The van der Waals surface area contributed by atoms with Gasteiger partial charge in [-0.1, -0.05) is 17.3 Å². The van der Waals surface area contributed by atoms with E-state index in [0.717, 1.165) is 5.56 Å². The Labute approximate surface area is 183 Å². The minimum Gasteiger partial charge on any atom is -0.493 e. The van der Waals surface area contributed by atoms with Crippen molar-refractivity contribution in [2.75, 3.05) is 19.5 Å². The highest BCUT2D eigenvalue weighted by Crippen LogP contribution is 2.29. The fraction of sp³-hybridized carbons (Fsp3) is 0.174. The molecule has 2 aromatic heterocycles. The van der Waals surface area contributed by atoms with Crippen molar-refractivity contribution in [3.63, 3.8) is 0 Å². The third-order valence-electron chi connectivity index (χ3n) is 4.87. The molecule has 0 aliphatic carbocycles. The average molecular weight is 432 g/mol. The van der Waals surface area contributed by atoms with Gasteiger partial charge in [-0.3, -0.25) is 9.59 Å². The van der Waals surface area contributed by atoms with Crippen LogP contribution in [0.5, 0.6) is 11.5 Å². The summed E-state index contributed by atoms with van der Waals surface area (Å²) in [6.07, 6.45) is 3.59. The molecule has 9 nitrogen and oxygen atoms in total. The largest absolute Gasteiger partial charge is 0.493 e. The van der Waals surface area contributed by atoms with Crippen LogP contribution in [0.15, 0.2) is 71.8 Å². The lowest BCUT2D eigenvalue weighted by Crippen LogP contribution is -2.40. The maximum absolute atomic E-state index is 12.7. The van der Waals surface area contributed by atoms with Gasteiger partial charge in [-0.05, 0) is 30.3 Å². The number of carbonyl (C=O) groups is 1. The average Bonchev–Trinajstić information content (AvgIpc) is 2.81. The molecule has 4 aromatic rings. The number of hydrogen-bond donors (Lipinski definition) is 1. The van der Waals surface area contributed by atoms with Gasteiger partial charge < -0.3 is 14.8 Å². The minimum atomic E-state index is -0.211. The number of methoxy groups -OCH3 is 2. The Balaban J connectivity index is 1.47. The molecule has 0 radical (unpaired) electrons. The molecule has 0 saturated carbocycles. The molecule has 0 saturated heterocycles. The summed E-state index contributed by atoms with van der Waals surface area (Å²) in [6, 6.07) is 15.9. The molecule has 0 fully saturated rings. The number of anilines is 1. The van der Waals surface area contributed by atoms with Crippen LogP contribution in [0.2, 0.25) is 0 Å². The fourth-order valence-corrected chi connectivity index (χ4v) is 3.35. The Hall–Kier alpha value is -4.27. The maximum Gasteiger partial charge on any atom is 0.290 e. The van der Waals surface area contributed by atoms with E-state index in [1.54, 1.807) is 60.5 Å². The lowest BCUT2D eigenvalue weighted by Gasteiger charge is -2.10. The zero-order valence-corrected chi connectivity index (χ0v) is 17.7. The van der Waals surface area contributed by atoms with Gasteiger partial charge >= 0.3 is 0 Å². The monoisotopic (exact) mass is 432 g/mol. The highest BCUT2D eigenvalue weighted by Gasteiger charge is 2.13. The van der Waals surface area contributed by atoms with Gasteiger partial charge in [0.2, 0.25) is 6.54 Å². The molecule has 2 heterocycles. The Morgan fingerprint density at radius 1 is 1.06 bits per heavy atom. The number of aromatic nitrogens is 4. The van der Waals surface area contributed by atoms with Gasteiger partial charge in [0.25, 0.3) is 11.5 Å². The number of hydrogen-bond acceptors (Lipinski definition) is 6. The molecule has 0 aliphatic rings. The normalized spacial score (nSPS) is 10.7. The maximum atomic E-state index is 12.7. The minimum absolute atomic E-state index is 0.0977. The lowest BCUT2D eigenvalue weighted by molar-refractivity contribution is -0.684. The van der Waals surface area contributed by atoms with Gasteiger partial charge in [-0.25, -0.2) is 4.68 Å². The summed E-state index contributed by atoms with van der Waals surface area (Å²) in [4.78, 5) is 25.2. The number of carbonyl (C=O) groups excluding carboxylic acids is 1. The van der Waals surface area contributed by atoms with Crippen LogP contribution in [-0.2, 0) is 17.9 Å². The molecule has 1 amide bonds. The summed E-state index contributed by atoms with van der Waals surface area (Å²) < 4.78 is 13.5. The molecule has 9 heteroatoms. The van der Waals surface area contributed by atoms with E-state index in [9.17, 15) is 9.59 Å². The van der Waals surface area contributed by atoms with E-state index in [-0.39, 0.29) is 24.6 Å². The molecule has 0 bridgehead atoms. The lowest BCUT2D eigenvalue weighted by atomic mass is 10.2. The first-order chi connectivity index (χ1) is 15.6.